The smallest absolute Gasteiger partial charge is 0.136 e. The van der Waals surface area contributed by atoms with Crippen molar-refractivity contribution in [2.75, 3.05) is 30.8 Å². The number of aromatic nitrogens is 2. The number of nitrogens with one attached hydrogen (secondary N) is 2. The quantitative estimate of drug-likeness (QED) is 0.879. The standard InChI is InChI=1S/C15H23N5/c1-16-13-9-14(19-15(18-13)10-4-5-10)17-11-6-8-20-7-2-3-12(11)20/h9-12H,2-8H2,1H3,(H2,16,17,18,19). The molecule has 4 rings (SSSR count). The maximum absolute atomic E-state index is 4.74. The molecule has 5 nitrogen and oxygen atoms in total. The summed E-state index contributed by atoms with van der Waals surface area (Å²) in [5, 5.41) is 6.84. The molecule has 1 aromatic rings. The fourth-order valence-corrected chi connectivity index (χ4v) is 3.63. The van der Waals surface area contributed by atoms with Gasteiger partial charge >= 0.3 is 0 Å². The lowest BCUT2D eigenvalue weighted by atomic mass is 10.1. The summed E-state index contributed by atoms with van der Waals surface area (Å²) in [4.78, 5) is 11.9. The van der Waals surface area contributed by atoms with Crippen LogP contribution in [0.15, 0.2) is 6.07 Å². The average molecular weight is 273 g/mol. The zero-order valence-corrected chi connectivity index (χ0v) is 12.1. The molecule has 2 atom stereocenters. The number of nitrogens with zero attached hydrogens (tertiary/aromatic N) is 3. The van der Waals surface area contributed by atoms with Gasteiger partial charge in [-0.3, -0.25) is 4.90 Å². The van der Waals surface area contributed by atoms with Crippen molar-refractivity contribution in [1.82, 2.24) is 14.9 Å². The van der Waals surface area contributed by atoms with Gasteiger partial charge in [0.15, 0.2) is 0 Å². The fraction of sp³-hybridized carbons (Fsp3) is 0.733. The van der Waals surface area contributed by atoms with Gasteiger partial charge in [0.05, 0.1) is 0 Å². The van der Waals surface area contributed by atoms with Crippen LogP contribution in [0.4, 0.5) is 11.6 Å². The molecule has 0 radical (unpaired) electrons. The first kappa shape index (κ1) is 12.4. The second kappa shape index (κ2) is 4.88. The molecule has 2 unspecified atom stereocenters. The fourth-order valence-electron chi connectivity index (χ4n) is 3.63. The van der Waals surface area contributed by atoms with E-state index in [2.05, 4.69) is 20.5 Å². The number of rotatable bonds is 4. The van der Waals surface area contributed by atoms with Crippen molar-refractivity contribution in [2.24, 2.45) is 0 Å². The summed E-state index contributed by atoms with van der Waals surface area (Å²) in [5.41, 5.74) is 0. The van der Waals surface area contributed by atoms with Crippen molar-refractivity contribution >= 4 is 11.6 Å². The van der Waals surface area contributed by atoms with Gasteiger partial charge in [-0.1, -0.05) is 0 Å². The zero-order chi connectivity index (χ0) is 13.5. The van der Waals surface area contributed by atoms with Crippen molar-refractivity contribution in [3.63, 3.8) is 0 Å². The first-order chi connectivity index (χ1) is 9.83. The molecule has 1 saturated carbocycles. The average Bonchev–Trinajstić information content (AvgIpc) is 3.10. The summed E-state index contributed by atoms with van der Waals surface area (Å²) in [6.45, 7) is 2.52. The number of fused-ring (bicyclic) bond motifs is 1. The molecule has 1 aliphatic carbocycles. The van der Waals surface area contributed by atoms with E-state index in [0.717, 1.165) is 17.5 Å². The Labute approximate surface area is 120 Å². The highest BCUT2D eigenvalue weighted by molar-refractivity contribution is 5.48. The van der Waals surface area contributed by atoms with Crippen LogP contribution in [0, 0.1) is 0 Å². The van der Waals surface area contributed by atoms with E-state index in [1.165, 1.54) is 45.2 Å². The first-order valence-corrected chi connectivity index (χ1v) is 7.91. The maximum atomic E-state index is 4.74. The number of hydrogen-bond donors (Lipinski definition) is 2. The van der Waals surface area contributed by atoms with Crippen molar-refractivity contribution in [2.45, 2.75) is 50.1 Å². The predicted molar refractivity (Wildman–Crippen MR) is 80.2 cm³/mol. The summed E-state index contributed by atoms with van der Waals surface area (Å²) in [5.74, 6) is 3.55. The van der Waals surface area contributed by atoms with Crippen LogP contribution in [0.25, 0.3) is 0 Å². The Hall–Kier alpha value is -1.36. The molecular formula is C15H23N5. The normalized spacial score (nSPS) is 29.4. The van der Waals surface area contributed by atoms with E-state index >= 15 is 0 Å². The van der Waals surface area contributed by atoms with Crippen LogP contribution in [0.3, 0.4) is 0 Å². The van der Waals surface area contributed by atoms with Crippen LogP contribution < -0.4 is 10.6 Å². The van der Waals surface area contributed by atoms with E-state index in [1.807, 2.05) is 13.1 Å². The highest BCUT2D eigenvalue weighted by Gasteiger charge is 2.37. The molecule has 3 fully saturated rings. The summed E-state index contributed by atoms with van der Waals surface area (Å²) in [6.07, 6.45) is 6.40. The van der Waals surface area contributed by atoms with E-state index in [0.29, 0.717) is 18.0 Å². The Morgan fingerprint density at radius 2 is 1.95 bits per heavy atom. The second-order valence-electron chi connectivity index (χ2n) is 6.31. The Balaban J connectivity index is 1.54. The van der Waals surface area contributed by atoms with Gasteiger partial charge in [0, 0.05) is 37.7 Å². The molecule has 1 aromatic heterocycles. The van der Waals surface area contributed by atoms with Gasteiger partial charge in [-0.05, 0) is 38.6 Å². The molecule has 2 saturated heterocycles. The predicted octanol–water partition coefficient (Wildman–Crippen LogP) is 2.04. The lowest BCUT2D eigenvalue weighted by Gasteiger charge is -2.22. The molecule has 20 heavy (non-hydrogen) atoms. The minimum absolute atomic E-state index is 0.559. The Kier molecular flexibility index (Phi) is 3.02. The summed E-state index contributed by atoms with van der Waals surface area (Å²) in [7, 11) is 1.93. The molecule has 0 spiro atoms. The van der Waals surface area contributed by atoms with E-state index in [1.54, 1.807) is 0 Å². The van der Waals surface area contributed by atoms with Gasteiger partial charge in [0.2, 0.25) is 0 Å². The van der Waals surface area contributed by atoms with Crippen LogP contribution >= 0.6 is 0 Å². The Bertz CT molecular complexity index is 499. The van der Waals surface area contributed by atoms with Crippen LogP contribution in [0.1, 0.15) is 43.8 Å². The third kappa shape index (κ3) is 2.24. The molecule has 2 aliphatic heterocycles. The van der Waals surface area contributed by atoms with Crippen LogP contribution in [-0.4, -0.2) is 47.1 Å². The molecule has 2 N–H and O–H groups in total. The molecule has 3 heterocycles. The van der Waals surface area contributed by atoms with Gasteiger partial charge in [0.25, 0.3) is 0 Å². The van der Waals surface area contributed by atoms with Gasteiger partial charge in [-0.25, -0.2) is 9.97 Å². The van der Waals surface area contributed by atoms with E-state index in [9.17, 15) is 0 Å². The van der Waals surface area contributed by atoms with E-state index < -0.39 is 0 Å². The van der Waals surface area contributed by atoms with E-state index in [-0.39, 0.29) is 0 Å². The SMILES string of the molecule is CNc1cc(NC2CCN3CCCC23)nc(C2CC2)n1. The summed E-state index contributed by atoms with van der Waals surface area (Å²) in [6, 6.07) is 3.32. The van der Waals surface area contributed by atoms with Crippen LogP contribution in [-0.2, 0) is 0 Å². The molecule has 0 bridgehead atoms. The second-order valence-corrected chi connectivity index (χ2v) is 6.31. The van der Waals surface area contributed by atoms with Crippen molar-refractivity contribution in [3.8, 4) is 0 Å². The van der Waals surface area contributed by atoms with Gasteiger partial charge in [0.1, 0.15) is 17.5 Å². The third-order valence-corrected chi connectivity index (χ3v) is 4.88. The minimum Gasteiger partial charge on any atom is -0.373 e. The lowest BCUT2D eigenvalue weighted by Crippen LogP contribution is -2.34. The van der Waals surface area contributed by atoms with Crippen LogP contribution in [0.5, 0.6) is 0 Å². The summed E-state index contributed by atoms with van der Waals surface area (Å²) >= 11 is 0. The third-order valence-electron chi connectivity index (χ3n) is 4.88. The zero-order valence-electron chi connectivity index (χ0n) is 12.1. The molecule has 5 heteroatoms. The topological polar surface area (TPSA) is 53.1 Å². The van der Waals surface area contributed by atoms with Crippen molar-refractivity contribution in [3.05, 3.63) is 11.9 Å². The highest BCUT2D eigenvalue weighted by atomic mass is 15.2. The largest absolute Gasteiger partial charge is 0.373 e. The molecular weight excluding hydrogens is 250 g/mol. The Morgan fingerprint density at radius 1 is 1.10 bits per heavy atom. The molecule has 108 valence electrons. The number of anilines is 2. The molecule has 0 amide bonds. The van der Waals surface area contributed by atoms with Crippen LogP contribution in [0.2, 0.25) is 0 Å². The van der Waals surface area contributed by atoms with Crippen molar-refractivity contribution < 1.29 is 0 Å². The molecule has 0 aromatic carbocycles. The van der Waals surface area contributed by atoms with E-state index in [4.69, 9.17) is 4.98 Å². The Morgan fingerprint density at radius 3 is 2.75 bits per heavy atom. The van der Waals surface area contributed by atoms with Crippen molar-refractivity contribution in [1.29, 1.82) is 0 Å². The van der Waals surface area contributed by atoms with Gasteiger partial charge in [-0.2, -0.15) is 0 Å². The first-order valence-electron chi connectivity index (χ1n) is 7.91. The monoisotopic (exact) mass is 273 g/mol. The van der Waals surface area contributed by atoms with Gasteiger partial charge in [-0.15, -0.1) is 0 Å². The number of hydrogen-bond acceptors (Lipinski definition) is 5. The molecule has 3 aliphatic rings. The lowest BCUT2D eigenvalue weighted by molar-refractivity contribution is 0.318. The highest BCUT2D eigenvalue weighted by Crippen LogP contribution is 2.39. The summed E-state index contributed by atoms with van der Waals surface area (Å²) < 4.78 is 0. The van der Waals surface area contributed by atoms with Gasteiger partial charge < -0.3 is 10.6 Å². The maximum Gasteiger partial charge on any atom is 0.136 e. The minimum atomic E-state index is 0.559.